The molecule has 27 heavy (non-hydrogen) atoms. The van der Waals surface area contributed by atoms with Gasteiger partial charge in [0, 0.05) is 22.7 Å². The Morgan fingerprint density at radius 2 is 1.93 bits per heavy atom. The van der Waals surface area contributed by atoms with E-state index >= 15 is 0 Å². The highest BCUT2D eigenvalue weighted by molar-refractivity contribution is 7.98. The van der Waals surface area contributed by atoms with Crippen molar-refractivity contribution in [3.8, 4) is 0 Å². The number of nitrogens with one attached hydrogen (secondary N) is 2. The first-order chi connectivity index (χ1) is 13.1. The molecule has 0 spiro atoms. The summed E-state index contributed by atoms with van der Waals surface area (Å²) in [4.78, 5) is 23.3. The number of guanidine groups is 1. The van der Waals surface area contributed by atoms with Gasteiger partial charge in [-0.2, -0.15) is 0 Å². The summed E-state index contributed by atoms with van der Waals surface area (Å²) >= 11 is 1.70. The van der Waals surface area contributed by atoms with E-state index in [2.05, 4.69) is 34.0 Å². The van der Waals surface area contributed by atoms with Gasteiger partial charge in [0.1, 0.15) is 0 Å². The Hall–Kier alpha value is -2.28. The summed E-state index contributed by atoms with van der Waals surface area (Å²) in [5.41, 5.74) is 1.59. The first-order valence-electron chi connectivity index (χ1n) is 9.49. The molecule has 1 aliphatic heterocycles. The molecule has 0 radical (unpaired) electrons. The number of nitrogens with zero attached hydrogens (tertiary/aromatic N) is 3. The molecule has 1 saturated carbocycles. The molecule has 0 unspecified atom stereocenters. The summed E-state index contributed by atoms with van der Waals surface area (Å²) in [6.45, 7) is 1.84. The van der Waals surface area contributed by atoms with Gasteiger partial charge in [-0.05, 0) is 43.7 Å². The highest BCUT2D eigenvalue weighted by Crippen LogP contribution is 2.27. The van der Waals surface area contributed by atoms with Crippen molar-refractivity contribution < 1.29 is 0 Å². The van der Waals surface area contributed by atoms with Gasteiger partial charge in [0.2, 0.25) is 11.9 Å². The lowest BCUT2D eigenvalue weighted by Crippen LogP contribution is -2.45. The number of aliphatic imine (C=N–C) groups is 1. The first kappa shape index (κ1) is 18.1. The van der Waals surface area contributed by atoms with Crippen LogP contribution in [-0.4, -0.2) is 27.8 Å². The summed E-state index contributed by atoms with van der Waals surface area (Å²) in [7, 11) is 0. The number of rotatable bonds is 3. The van der Waals surface area contributed by atoms with Crippen LogP contribution in [0.3, 0.4) is 0 Å². The number of benzene rings is 1. The Labute approximate surface area is 163 Å². The SMILES string of the molecule is CSc1ccc([C@@H]2N=C(NC3CCCCC3)Nc3nc(C)cc(=O)n32)cc1. The van der Waals surface area contributed by atoms with E-state index in [9.17, 15) is 4.79 Å². The second-order valence-electron chi connectivity index (χ2n) is 7.16. The van der Waals surface area contributed by atoms with E-state index in [-0.39, 0.29) is 5.56 Å². The highest BCUT2D eigenvalue weighted by atomic mass is 32.2. The Morgan fingerprint density at radius 3 is 2.63 bits per heavy atom. The van der Waals surface area contributed by atoms with E-state index in [0.29, 0.717) is 23.6 Å². The van der Waals surface area contributed by atoms with E-state index in [1.165, 1.54) is 24.2 Å². The number of anilines is 1. The minimum atomic E-state index is -0.413. The molecular weight excluding hydrogens is 358 g/mol. The lowest BCUT2D eigenvalue weighted by Gasteiger charge is -2.30. The third-order valence-electron chi connectivity index (χ3n) is 5.17. The zero-order valence-corrected chi connectivity index (χ0v) is 16.6. The zero-order chi connectivity index (χ0) is 18.8. The summed E-state index contributed by atoms with van der Waals surface area (Å²) in [5.74, 6) is 1.26. The highest BCUT2D eigenvalue weighted by Gasteiger charge is 2.26. The molecule has 0 saturated heterocycles. The number of fused-ring (bicyclic) bond motifs is 1. The number of aromatic nitrogens is 2. The van der Waals surface area contributed by atoms with Crippen molar-refractivity contribution >= 4 is 23.7 Å². The minimum absolute atomic E-state index is 0.0931. The second kappa shape index (κ2) is 7.76. The minimum Gasteiger partial charge on any atom is -0.353 e. The van der Waals surface area contributed by atoms with Crippen LogP contribution < -0.4 is 16.2 Å². The molecule has 1 aromatic heterocycles. The monoisotopic (exact) mass is 383 g/mol. The van der Waals surface area contributed by atoms with Gasteiger partial charge in [0.25, 0.3) is 5.56 Å². The van der Waals surface area contributed by atoms with Gasteiger partial charge in [-0.15, -0.1) is 11.8 Å². The number of aryl methyl sites for hydroxylation is 1. The van der Waals surface area contributed by atoms with Gasteiger partial charge in [-0.1, -0.05) is 31.4 Å². The maximum absolute atomic E-state index is 12.7. The zero-order valence-electron chi connectivity index (χ0n) is 15.7. The van der Waals surface area contributed by atoms with Crippen molar-refractivity contribution in [2.75, 3.05) is 11.6 Å². The van der Waals surface area contributed by atoms with Crippen LogP contribution >= 0.6 is 11.8 Å². The van der Waals surface area contributed by atoms with Crippen molar-refractivity contribution in [2.45, 2.75) is 56.1 Å². The molecule has 142 valence electrons. The fourth-order valence-corrected chi connectivity index (χ4v) is 4.17. The fourth-order valence-electron chi connectivity index (χ4n) is 3.76. The Balaban J connectivity index is 1.71. The summed E-state index contributed by atoms with van der Waals surface area (Å²) in [6.07, 6.45) is 7.75. The number of thioether (sulfide) groups is 1. The number of hydrogen-bond donors (Lipinski definition) is 2. The molecular formula is C20H25N5OS. The molecule has 6 nitrogen and oxygen atoms in total. The van der Waals surface area contributed by atoms with E-state index in [1.54, 1.807) is 22.4 Å². The lowest BCUT2D eigenvalue weighted by atomic mass is 9.96. The summed E-state index contributed by atoms with van der Waals surface area (Å²) in [5, 5.41) is 6.77. The third kappa shape index (κ3) is 3.88. The largest absolute Gasteiger partial charge is 0.353 e. The normalized spacial score (nSPS) is 19.8. The average molecular weight is 384 g/mol. The Morgan fingerprint density at radius 1 is 1.19 bits per heavy atom. The molecule has 2 N–H and O–H groups in total. The van der Waals surface area contributed by atoms with Crippen molar-refractivity contribution in [2.24, 2.45) is 4.99 Å². The smallest absolute Gasteiger partial charge is 0.257 e. The van der Waals surface area contributed by atoms with E-state index < -0.39 is 6.17 Å². The molecule has 2 aliphatic rings. The van der Waals surface area contributed by atoms with Crippen LogP contribution in [0.2, 0.25) is 0 Å². The van der Waals surface area contributed by atoms with Gasteiger partial charge >= 0.3 is 0 Å². The molecule has 1 atom stereocenters. The molecule has 0 bridgehead atoms. The van der Waals surface area contributed by atoms with E-state index in [1.807, 2.05) is 19.1 Å². The van der Waals surface area contributed by atoms with Crippen molar-refractivity contribution in [3.63, 3.8) is 0 Å². The molecule has 7 heteroatoms. The summed E-state index contributed by atoms with van der Waals surface area (Å²) < 4.78 is 1.63. The van der Waals surface area contributed by atoms with Gasteiger partial charge in [0.15, 0.2) is 6.17 Å². The van der Waals surface area contributed by atoms with E-state index in [4.69, 9.17) is 4.99 Å². The predicted octanol–water partition coefficient (Wildman–Crippen LogP) is 3.52. The van der Waals surface area contributed by atoms with Crippen LogP contribution in [0.5, 0.6) is 0 Å². The van der Waals surface area contributed by atoms with Gasteiger partial charge in [-0.3, -0.25) is 14.7 Å². The van der Waals surface area contributed by atoms with Crippen molar-refractivity contribution in [1.82, 2.24) is 14.9 Å². The van der Waals surface area contributed by atoms with Crippen molar-refractivity contribution in [3.05, 3.63) is 51.9 Å². The van der Waals surface area contributed by atoms with Gasteiger partial charge < -0.3 is 5.32 Å². The fraction of sp³-hybridized carbons (Fsp3) is 0.450. The third-order valence-corrected chi connectivity index (χ3v) is 5.91. The molecule has 4 rings (SSSR count). The van der Waals surface area contributed by atoms with Gasteiger partial charge in [0.05, 0.1) is 0 Å². The Kier molecular flexibility index (Phi) is 5.20. The van der Waals surface area contributed by atoms with Crippen LogP contribution in [0.4, 0.5) is 5.95 Å². The van der Waals surface area contributed by atoms with Crippen LogP contribution in [0, 0.1) is 6.92 Å². The molecule has 1 fully saturated rings. The maximum atomic E-state index is 12.7. The lowest BCUT2D eigenvalue weighted by molar-refractivity contribution is 0.410. The molecule has 1 aliphatic carbocycles. The average Bonchev–Trinajstić information content (AvgIpc) is 2.68. The van der Waals surface area contributed by atoms with Crippen LogP contribution in [-0.2, 0) is 0 Å². The summed E-state index contributed by atoms with van der Waals surface area (Å²) in [6, 6.07) is 10.2. The predicted molar refractivity (Wildman–Crippen MR) is 111 cm³/mol. The van der Waals surface area contributed by atoms with E-state index in [0.717, 1.165) is 18.4 Å². The molecule has 1 aromatic carbocycles. The molecule has 2 heterocycles. The molecule has 0 amide bonds. The van der Waals surface area contributed by atoms with Crippen LogP contribution in [0.15, 0.2) is 45.0 Å². The van der Waals surface area contributed by atoms with Crippen LogP contribution in [0.1, 0.15) is 49.5 Å². The van der Waals surface area contributed by atoms with Crippen LogP contribution in [0.25, 0.3) is 0 Å². The standard InChI is InChI=1S/C20H25N5OS/c1-13-12-17(26)25-18(14-8-10-16(27-2)11-9-14)23-19(24-20(25)21-13)22-15-6-4-3-5-7-15/h8-12,15,18H,3-7H2,1-2H3,(H2,21,22,23,24)/t18-/m1/s1. The van der Waals surface area contributed by atoms with Crippen molar-refractivity contribution in [1.29, 1.82) is 0 Å². The topological polar surface area (TPSA) is 71.3 Å². The number of hydrogen-bond acceptors (Lipinski definition) is 6. The Bertz CT molecular complexity index is 900. The van der Waals surface area contributed by atoms with Gasteiger partial charge in [-0.25, -0.2) is 9.98 Å². The quantitative estimate of drug-likeness (QED) is 0.794. The first-order valence-corrected chi connectivity index (χ1v) is 10.7. The molecule has 2 aromatic rings. The second-order valence-corrected chi connectivity index (χ2v) is 8.04. The maximum Gasteiger partial charge on any atom is 0.257 e.